The van der Waals surface area contributed by atoms with Crippen LogP contribution in [0.1, 0.15) is 36.8 Å². The molecule has 2 aliphatic heterocycles. The first-order chi connectivity index (χ1) is 13.6. The Balaban J connectivity index is 1.46. The fourth-order valence-corrected chi connectivity index (χ4v) is 4.25. The molecule has 0 N–H and O–H groups in total. The maximum atomic E-state index is 14.0. The molecule has 146 valence electrons. The van der Waals surface area contributed by atoms with Gasteiger partial charge >= 0.3 is 6.09 Å². The van der Waals surface area contributed by atoms with E-state index in [1.54, 1.807) is 0 Å². The summed E-state index contributed by atoms with van der Waals surface area (Å²) in [6, 6.07) is 13.2. The number of fused-ring (bicyclic) bond motifs is 2. The first kappa shape index (κ1) is 18.7. The Labute approximate surface area is 163 Å². The molecule has 1 saturated heterocycles. The summed E-state index contributed by atoms with van der Waals surface area (Å²) in [7, 11) is 0. The zero-order valence-corrected chi connectivity index (χ0v) is 15.6. The molecule has 1 amide bonds. The van der Waals surface area contributed by atoms with Crippen LogP contribution in [0.25, 0.3) is 0 Å². The molecule has 2 aromatic rings. The lowest BCUT2D eigenvalue weighted by Crippen LogP contribution is -2.52. The molecule has 2 aromatic carbocycles. The Kier molecular flexibility index (Phi) is 5.42. The van der Waals surface area contributed by atoms with Crippen molar-refractivity contribution in [1.82, 2.24) is 4.90 Å². The molecule has 0 radical (unpaired) electrons. The summed E-state index contributed by atoms with van der Waals surface area (Å²) in [4.78, 5) is 14.5. The monoisotopic (exact) mass is 383 g/mol. The molecular formula is C23H23F2NO2. The Morgan fingerprint density at radius 1 is 1.11 bits per heavy atom. The van der Waals surface area contributed by atoms with Gasteiger partial charge in [0.15, 0.2) is 0 Å². The average Bonchev–Trinajstić information content (AvgIpc) is 2.69. The van der Waals surface area contributed by atoms with Gasteiger partial charge in [-0.15, -0.1) is 0 Å². The van der Waals surface area contributed by atoms with Crippen molar-refractivity contribution in [3.8, 4) is 0 Å². The largest absolute Gasteiger partial charge is 0.445 e. The summed E-state index contributed by atoms with van der Waals surface area (Å²) in [5.74, 6) is -0.823. The number of hydrogen-bond acceptors (Lipinski definition) is 2. The van der Waals surface area contributed by atoms with Crippen molar-refractivity contribution in [2.75, 3.05) is 0 Å². The fraction of sp³-hybridized carbons (Fsp3) is 0.348. The highest BCUT2D eigenvalue weighted by Crippen LogP contribution is 2.35. The number of carbonyl (C=O) groups excluding carboxylic acids is 1. The van der Waals surface area contributed by atoms with Gasteiger partial charge in [-0.2, -0.15) is 0 Å². The van der Waals surface area contributed by atoms with Gasteiger partial charge in [-0.05, 0) is 61.4 Å². The highest BCUT2D eigenvalue weighted by atomic mass is 19.1. The Morgan fingerprint density at radius 3 is 2.71 bits per heavy atom. The zero-order chi connectivity index (χ0) is 19.5. The molecule has 0 saturated carbocycles. The van der Waals surface area contributed by atoms with Crippen LogP contribution in [0, 0.1) is 11.6 Å². The summed E-state index contributed by atoms with van der Waals surface area (Å²) < 4.78 is 33.0. The predicted molar refractivity (Wildman–Crippen MR) is 103 cm³/mol. The number of amides is 1. The molecule has 2 unspecified atom stereocenters. The molecule has 1 fully saturated rings. The molecule has 0 spiro atoms. The van der Waals surface area contributed by atoms with Gasteiger partial charge in [-0.1, -0.05) is 42.0 Å². The smallest absolute Gasteiger partial charge is 0.410 e. The van der Waals surface area contributed by atoms with Crippen molar-refractivity contribution < 1.29 is 18.3 Å². The second kappa shape index (κ2) is 8.13. The summed E-state index contributed by atoms with van der Waals surface area (Å²) >= 11 is 0. The fourth-order valence-electron chi connectivity index (χ4n) is 4.25. The second-order valence-corrected chi connectivity index (χ2v) is 7.54. The number of carbonyl (C=O) groups is 1. The highest BCUT2D eigenvalue weighted by molar-refractivity contribution is 5.69. The Bertz CT molecular complexity index is 881. The van der Waals surface area contributed by atoms with Crippen molar-refractivity contribution in [1.29, 1.82) is 0 Å². The zero-order valence-electron chi connectivity index (χ0n) is 15.6. The van der Waals surface area contributed by atoms with Crippen LogP contribution in [0.15, 0.2) is 60.2 Å². The normalized spacial score (nSPS) is 21.2. The van der Waals surface area contributed by atoms with E-state index in [0.717, 1.165) is 36.5 Å². The van der Waals surface area contributed by atoms with Crippen LogP contribution in [-0.2, 0) is 17.8 Å². The minimum atomic E-state index is -0.431. The van der Waals surface area contributed by atoms with E-state index in [1.807, 2.05) is 41.3 Å². The number of piperidine rings is 1. The average molecular weight is 383 g/mol. The predicted octanol–water partition coefficient (Wildman–Crippen LogP) is 5.40. The van der Waals surface area contributed by atoms with Crippen LogP contribution < -0.4 is 0 Å². The Morgan fingerprint density at radius 2 is 1.93 bits per heavy atom. The minimum Gasteiger partial charge on any atom is -0.445 e. The lowest BCUT2D eigenvalue weighted by molar-refractivity contribution is 0.0481. The molecule has 5 heteroatoms. The van der Waals surface area contributed by atoms with Crippen LogP contribution in [0.3, 0.4) is 0 Å². The van der Waals surface area contributed by atoms with Gasteiger partial charge in [-0.25, -0.2) is 13.6 Å². The highest BCUT2D eigenvalue weighted by Gasteiger charge is 2.38. The third-order valence-corrected chi connectivity index (χ3v) is 5.56. The molecule has 2 aliphatic rings. The maximum absolute atomic E-state index is 14.0. The van der Waals surface area contributed by atoms with E-state index in [9.17, 15) is 13.6 Å². The van der Waals surface area contributed by atoms with Gasteiger partial charge in [0, 0.05) is 6.04 Å². The number of halogens is 2. The minimum absolute atomic E-state index is 0.0395. The Hall–Kier alpha value is -2.69. The number of hydrogen-bond donors (Lipinski definition) is 0. The van der Waals surface area contributed by atoms with E-state index in [2.05, 4.69) is 0 Å². The standard InChI is InChI=1S/C23H23F2NO2/c24-19-9-10-22(25)18(14-19)11-17-12-20-7-4-8-21(13-17)26(20)23(27)28-15-16-5-2-1-3-6-16/h1-3,5-6,9-10,12,14,20-21H,4,7-8,11,13,15H2. The first-order valence-corrected chi connectivity index (χ1v) is 9.72. The molecule has 28 heavy (non-hydrogen) atoms. The van der Waals surface area contributed by atoms with Gasteiger partial charge in [0.25, 0.3) is 0 Å². The van der Waals surface area contributed by atoms with Crippen molar-refractivity contribution in [2.24, 2.45) is 0 Å². The van der Waals surface area contributed by atoms with Gasteiger partial charge in [0.05, 0.1) is 6.04 Å². The van der Waals surface area contributed by atoms with Crippen LogP contribution in [-0.4, -0.2) is 23.1 Å². The van der Waals surface area contributed by atoms with E-state index in [4.69, 9.17) is 4.74 Å². The topological polar surface area (TPSA) is 29.5 Å². The number of nitrogens with zero attached hydrogens (tertiary/aromatic N) is 1. The van der Waals surface area contributed by atoms with E-state index >= 15 is 0 Å². The quantitative estimate of drug-likeness (QED) is 0.662. The maximum Gasteiger partial charge on any atom is 0.410 e. The van der Waals surface area contributed by atoms with E-state index in [1.165, 1.54) is 12.1 Å². The van der Waals surface area contributed by atoms with Crippen LogP contribution >= 0.6 is 0 Å². The van der Waals surface area contributed by atoms with Gasteiger partial charge < -0.3 is 4.74 Å². The summed E-state index contributed by atoms with van der Waals surface area (Å²) in [5, 5.41) is 0. The summed E-state index contributed by atoms with van der Waals surface area (Å²) in [6.45, 7) is 0.251. The third kappa shape index (κ3) is 4.08. The lowest BCUT2D eigenvalue weighted by atomic mass is 9.83. The number of ether oxygens (including phenoxy) is 1. The second-order valence-electron chi connectivity index (χ2n) is 7.54. The van der Waals surface area contributed by atoms with E-state index in [0.29, 0.717) is 18.4 Å². The van der Waals surface area contributed by atoms with Crippen molar-refractivity contribution >= 4 is 6.09 Å². The van der Waals surface area contributed by atoms with Crippen molar-refractivity contribution in [2.45, 2.75) is 50.8 Å². The van der Waals surface area contributed by atoms with Crippen LogP contribution in [0.2, 0.25) is 0 Å². The SMILES string of the molecule is O=C(OCc1ccccc1)N1C2C=C(Cc3cc(F)ccc3F)CC1CCC2. The van der Waals surface area contributed by atoms with E-state index < -0.39 is 11.6 Å². The molecule has 2 atom stereocenters. The third-order valence-electron chi connectivity index (χ3n) is 5.56. The number of rotatable bonds is 4. The summed E-state index contributed by atoms with van der Waals surface area (Å²) in [5.41, 5.74) is 2.38. The van der Waals surface area contributed by atoms with Crippen LogP contribution in [0.4, 0.5) is 13.6 Å². The molecular weight excluding hydrogens is 360 g/mol. The first-order valence-electron chi connectivity index (χ1n) is 9.72. The van der Waals surface area contributed by atoms with Crippen LogP contribution in [0.5, 0.6) is 0 Å². The van der Waals surface area contributed by atoms with Crippen molar-refractivity contribution in [3.63, 3.8) is 0 Å². The number of benzene rings is 2. The molecule has 2 heterocycles. The molecule has 2 bridgehead atoms. The van der Waals surface area contributed by atoms with Gasteiger partial charge in [-0.3, -0.25) is 4.90 Å². The van der Waals surface area contributed by atoms with Crippen molar-refractivity contribution in [3.05, 3.63) is 82.9 Å². The molecule has 3 nitrogen and oxygen atoms in total. The molecule has 0 aliphatic carbocycles. The summed E-state index contributed by atoms with van der Waals surface area (Å²) in [6.07, 6.45) is 5.62. The van der Waals surface area contributed by atoms with Gasteiger partial charge in [0.1, 0.15) is 18.2 Å². The van der Waals surface area contributed by atoms with E-state index in [-0.39, 0.29) is 24.8 Å². The van der Waals surface area contributed by atoms with Gasteiger partial charge in [0.2, 0.25) is 0 Å². The molecule has 4 rings (SSSR count). The molecule has 0 aromatic heterocycles. The lowest BCUT2D eigenvalue weighted by Gasteiger charge is -2.44.